The number of hydrogen-bond acceptors (Lipinski definition) is 8. The molecule has 1 aliphatic heterocycles. The number of carbonyl (C=O) groups is 2. The minimum Gasteiger partial charge on any atom is -0.444 e. The number of oxazole rings is 1. The van der Waals surface area contributed by atoms with Crippen molar-refractivity contribution in [3.8, 4) is 17.2 Å². The number of benzene rings is 2. The first kappa shape index (κ1) is 31.7. The molecular weight excluding hydrogens is 557 g/mol. The highest BCUT2D eigenvalue weighted by molar-refractivity contribution is 5.83. The summed E-state index contributed by atoms with van der Waals surface area (Å²) >= 11 is 0. The first-order valence-electron chi connectivity index (χ1n) is 14.2. The fourth-order valence-electron chi connectivity index (χ4n) is 4.74. The Hall–Kier alpha value is -4.21. The molecule has 0 spiro atoms. The number of rotatable bonds is 8. The lowest BCUT2D eigenvalue weighted by atomic mass is 10.00. The van der Waals surface area contributed by atoms with Gasteiger partial charge in [0.05, 0.1) is 18.1 Å². The number of nitriles is 1. The number of ether oxygens (including phenoxy) is 2. The number of amides is 2. The van der Waals surface area contributed by atoms with Crippen molar-refractivity contribution in [3.63, 3.8) is 0 Å². The molecule has 0 bridgehead atoms. The van der Waals surface area contributed by atoms with Crippen LogP contribution in [0.3, 0.4) is 0 Å². The maximum Gasteiger partial charge on any atom is 0.419 e. The molecule has 11 nitrogen and oxygen atoms in total. The fourth-order valence-corrected chi connectivity index (χ4v) is 4.74. The van der Waals surface area contributed by atoms with Crippen LogP contribution in [0, 0.1) is 17.1 Å². The van der Waals surface area contributed by atoms with Gasteiger partial charge >= 0.3 is 11.8 Å². The molecule has 0 radical (unpaired) electrons. The number of fused-ring (bicyclic) bond motifs is 1. The lowest BCUT2D eigenvalue weighted by Gasteiger charge is -2.27. The Morgan fingerprint density at radius 2 is 1.93 bits per heavy atom. The molecule has 0 saturated carbocycles. The summed E-state index contributed by atoms with van der Waals surface area (Å²) in [5, 5.41) is 12.4. The zero-order valence-electron chi connectivity index (χ0n) is 25.2. The van der Waals surface area contributed by atoms with Gasteiger partial charge in [-0.25, -0.2) is 14.0 Å². The van der Waals surface area contributed by atoms with Crippen LogP contribution in [0.2, 0.25) is 0 Å². The second-order valence-corrected chi connectivity index (χ2v) is 11.8. The van der Waals surface area contributed by atoms with Crippen molar-refractivity contribution in [1.82, 2.24) is 19.7 Å². The van der Waals surface area contributed by atoms with Gasteiger partial charge in [0.2, 0.25) is 0 Å². The smallest absolute Gasteiger partial charge is 0.419 e. The van der Waals surface area contributed by atoms with Gasteiger partial charge in [0.25, 0.3) is 5.91 Å². The molecule has 0 aliphatic carbocycles. The van der Waals surface area contributed by atoms with Crippen molar-refractivity contribution in [3.05, 3.63) is 58.3 Å². The van der Waals surface area contributed by atoms with E-state index in [0.29, 0.717) is 48.3 Å². The van der Waals surface area contributed by atoms with Gasteiger partial charge in [-0.15, -0.1) is 0 Å². The number of carbonyl (C=O) groups excluding carboxylic acids is 2. The number of halogens is 1. The van der Waals surface area contributed by atoms with Crippen LogP contribution in [0.1, 0.15) is 32.8 Å². The molecule has 4 rings (SSSR count). The van der Waals surface area contributed by atoms with Crippen LogP contribution >= 0.6 is 0 Å². The molecule has 3 aromatic rings. The zero-order chi connectivity index (χ0) is 31.3. The molecule has 1 aliphatic rings. The molecule has 1 N–H and O–H groups in total. The highest BCUT2D eigenvalue weighted by Crippen LogP contribution is 2.26. The summed E-state index contributed by atoms with van der Waals surface area (Å²) in [6.45, 7) is 6.99. The highest BCUT2D eigenvalue weighted by Gasteiger charge is 2.31. The van der Waals surface area contributed by atoms with Gasteiger partial charge in [-0.3, -0.25) is 9.36 Å². The Morgan fingerprint density at radius 1 is 1.21 bits per heavy atom. The number of aromatic nitrogens is 1. The van der Waals surface area contributed by atoms with Crippen LogP contribution < -0.4 is 11.1 Å². The third-order valence-corrected chi connectivity index (χ3v) is 6.94. The number of nitrogens with zero attached hydrogens (tertiary/aromatic N) is 4. The molecule has 2 amide bonds. The van der Waals surface area contributed by atoms with Gasteiger partial charge in [-0.1, -0.05) is 18.2 Å². The monoisotopic (exact) mass is 595 g/mol. The largest absolute Gasteiger partial charge is 0.444 e. The summed E-state index contributed by atoms with van der Waals surface area (Å²) in [6.07, 6.45) is -1.07. The Morgan fingerprint density at radius 3 is 2.60 bits per heavy atom. The van der Waals surface area contributed by atoms with Gasteiger partial charge in [0.1, 0.15) is 17.5 Å². The first-order valence-corrected chi connectivity index (χ1v) is 14.2. The Bertz CT molecular complexity index is 1570. The molecule has 230 valence electrons. The molecule has 1 aromatic heterocycles. The van der Waals surface area contributed by atoms with E-state index in [1.54, 1.807) is 55.7 Å². The topological polar surface area (TPSA) is 130 Å². The zero-order valence-corrected chi connectivity index (χ0v) is 25.2. The van der Waals surface area contributed by atoms with E-state index in [-0.39, 0.29) is 25.1 Å². The third-order valence-electron chi connectivity index (χ3n) is 6.94. The van der Waals surface area contributed by atoms with E-state index >= 15 is 4.39 Å². The molecule has 2 heterocycles. The average molecular weight is 596 g/mol. The Labute approximate surface area is 249 Å². The van der Waals surface area contributed by atoms with Crippen LogP contribution in [0.25, 0.3) is 22.2 Å². The predicted molar refractivity (Wildman–Crippen MR) is 158 cm³/mol. The fraction of sp³-hybridized carbons (Fsp3) is 0.484. The van der Waals surface area contributed by atoms with Crippen molar-refractivity contribution in [2.24, 2.45) is 0 Å². The van der Waals surface area contributed by atoms with Gasteiger partial charge in [0.15, 0.2) is 11.7 Å². The van der Waals surface area contributed by atoms with Crippen molar-refractivity contribution < 1.29 is 27.9 Å². The van der Waals surface area contributed by atoms with Gasteiger partial charge in [0, 0.05) is 32.7 Å². The van der Waals surface area contributed by atoms with E-state index in [0.717, 1.165) is 0 Å². The Balaban J connectivity index is 1.44. The maximum atomic E-state index is 15.3. The molecule has 12 heteroatoms. The summed E-state index contributed by atoms with van der Waals surface area (Å²) < 4.78 is 33.3. The van der Waals surface area contributed by atoms with E-state index in [4.69, 9.17) is 13.9 Å². The van der Waals surface area contributed by atoms with Crippen LogP contribution in [-0.2, 0) is 27.2 Å². The van der Waals surface area contributed by atoms with Crippen molar-refractivity contribution >= 4 is 23.1 Å². The molecule has 1 saturated heterocycles. The SMILES string of the molecule is CN(C)CCn1c(=O)oc2ccc(-c3ccc(C[C@@H](C#N)NC(=O)[C@@H]4CN(C(=O)OC(C)(C)C)CCCO4)c(F)c3)cc21. The highest BCUT2D eigenvalue weighted by atomic mass is 19.1. The van der Waals surface area contributed by atoms with E-state index in [1.807, 2.05) is 25.1 Å². The number of likely N-dealkylation sites (N-methyl/N-ethyl adjacent to an activating group) is 1. The maximum absolute atomic E-state index is 15.3. The first-order chi connectivity index (χ1) is 20.3. The van der Waals surface area contributed by atoms with Crippen LogP contribution in [0.4, 0.5) is 9.18 Å². The summed E-state index contributed by atoms with van der Waals surface area (Å²) in [7, 11) is 3.83. The summed E-state index contributed by atoms with van der Waals surface area (Å²) in [4.78, 5) is 41.3. The molecule has 0 unspecified atom stereocenters. The molecular formula is C31H38FN5O6. The second-order valence-electron chi connectivity index (χ2n) is 11.8. The quantitative estimate of drug-likeness (QED) is 0.419. The normalized spacial score (nSPS) is 16.5. The van der Waals surface area contributed by atoms with Crippen molar-refractivity contribution in [2.75, 3.05) is 40.3 Å². The standard InChI is InChI=1S/C31H38FN5O6/c1-31(2,3)43-29(39)36-11-6-14-41-27(19-36)28(38)34-23(18-33)15-22-8-7-20(16-24(22)32)21-9-10-26-25(17-21)37(30(40)42-26)13-12-35(4)5/h7-10,16-17,23,27H,6,11-15,19H2,1-5H3,(H,34,38)/t23-,27-/m0/s1. The van der Waals surface area contributed by atoms with E-state index in [9.17, 15) is 19.6 Å². The predicted octanol–water partition coefficient (Wildman–Crippen LogP) is 3.54. The lowest BCUT2D eigenvalue weighted by molar-refractivity contribution is -0.133. The lowest BCUT2D eigenvalue weighted by Crippen LogP contribution is -2.48. The number of hydrogen-bond donors (Lipinski definition) is 1. The number of nitrogens with one attached hydrogen (secondary N) is 1. The van der Waals surface area contributed by atoms with Gasteiger partial charge in [-0.05, 0) is 76.2 Å². The van der Waals surface area contributed by atoms with Crippen LogP contribution in [-0.4, -0.2) is 84.5 Å². The van der Waals surface area contributed by atoms with Crippen molar-refractivity contribution in [1.29, 1.82) is 5.26 Å². The Kier molecular flexibility index (Phi) is 9.88. The minimum atomic E-state index is -1.02. The summed E-state index contributed by atoms with van der Waals surface area (Å²) in [5.74, 6) is -1.55. The summed E-state index contributed by atoms with van der Waals surface area (Å²) in [6, 6.07) is 10.9. The minimum absolute atomic E-state index is 0.0219. The molecule has 1 fully saturated rings. The third kappa shape index (κ3) is 8.21. The molecule has 2 aromatic carbocycles. The second kappa shape index (κ2) is 13.4. The van der Waals surface area contributed by atoms with E-state index in [2.05, 4.69) is 5.32 Å². The molecule has 43 heavy (non-hydrogen) atoms. The van der Waals surface area contributed by atoms with Gasteiger partial charge < -0.3 is 29.0 Å². The van der Waals surface area contributed by atoms with E-state index in [1.165, 1.54) is 11.0 Å². The van der Waals surface area contributed by atoms with E-state index < -0.39 is 41.3 Å². The van der Waals surface area contributed by atoms with Gasteiger partial charge in [-0.2, -0.15) is 5.26 Å². The molecule has 2 atom stereocenters. The van der Waals surface area contributed by atoms with Crippen LogP contribution in [0.5, 0.6) is 0 Å². The average Bonchev–Trinajstić information content (AvgIpc) is 3.08. The van der Waals surface area contributed by atoms with Crippen molar-refractivity contribution in [2.45, 2.75) is 57.9 Å². The van der Waals surface area contributed by atoms with Crippen LogP contribution in [0.15, 0.2) is 45.6 Å². The summed E-state index contributed by atoms with van der Waals surface area (Å²) in [5.41, 5.74) is 1.91.